The largest absolute Gasteiger partial charge is 0.427 e. The first-order valence-corrected chi connectivity index (χ1v) is 15.5. The van der Waals surface area contributed by atoms with Crippen LogP contribution in [0.5, 0.6) is 0 Å². The number of aliphatic hydroxyl groups excluding tert-OH is 1. The molecule has 0 bridgehead atoms. The summed E-state index contributed by atoms with van der Waals surface area (Å²) in [5.74, 6) is -2.72. The van der Waals surface area contributed by atoms with Gasteiger partial charge in [0.25, 0.3) is 10.0 Å². The number of nitrogens with zero attached hydrogens (tertiary/aromatic N) is 4. The van der Waals surface area contributed by atoms with Crippen molar-refractivity contribution in [1.82, 2.24) is 18.6 Å². The second-order valence-corrected chi connectivity index (χ2v) is 14.4. The third kappa shape index (κ3) is 4.45. The molecule has 1 N–H and O–H groups in total. The number of carbonyl (C=O) groups is 3. The Hall–Kier alpha value is -2.81. The van der Waals surface area contributed by atoms with Gasteiger partial charge in [-0.1, -0.05) is 26.2 Å². The van der Waals surface area contributed by atoms with Gasteiger partial charge in [-0.25, -0.2) is 22.5 Å². The fourth-order valence-corrected chi connectivity index (χ4v) is 8.46. The lowest BCUT2D eigenvalue weighted by Crippen LogP contribution is -2.63. The number of β-lactam (4-membered cyclic amide) rings is 1. The molecule has 1 amide bonds. The van der Waals surface area contributed by atoms with Gasteiger partial charge >= 0.3 is 11.9 Å². The minimum Gasteiger partial charge on any atom is -0.427 e. The number of rotatable bonds is 8. The van der Waals surface area contributed by atoms with E-state index in [0.717, 1.165) is 34.9 Å². The van der Waals surface area contributed by atoms with E-state index in [2.05, 4.69) is 4.98 Å². The Balaban J connectivity index is 1.46. The van der Waals surface area contributed by atoms with Crippen molar-refractivity contribution in [3.05, 3.63) is 23.1 Å². The van der Waals surface area contributed by atoms with E-state index in [-0.39, 0.29) is 16.6 Å². The van der Waals surface area contributed by atoms with E-state index in [1.54, 1.807) is 10.6 Å². The molecule has 0 radical (unpaired) electrons. The maximum absolute atomic E-state index is 13.4. The number of amides is 1. The van der Waals surface area contributed by atoms with E-state index >= 15 is 0 Å². The van der Waals surface area contributed by atoms with Crippen LogP contribution in [0.1, 0.15) is 57.8 Å². The van der Waals surface area contributed by atoms with E-state index in [1.165, 1.54) is 32.2 Å². The van der Waals surface area contributed by atoms with Crippen LogP contribution in [-0.2, 0) is 33.9 Å². The Morgan fingerprint density at radius 3 is 2.55 bits per heavy atom. The number of carbonyl (C=O) groups excluding carboxylic acids is 3. The van der Waals surface area contributed by atoms with E-state index in [0.29, 0.717) is 28.1 Å². The Kier molecular flexibility index (Phi) is 7.34. The number of aromatic nitrogens is 2. The van der Waals surface area contributed by atoms with Crippen molar-refractivity contribution >= 4 is 49.6 Å². The average molecular weight is 595 g/mol. The molecule has 0 spiro atoms. The zero-order chi connectivity index (χ0) is 29.1. The summed E-state index contributed by atoms with van der Waals surface area (Å²) in [6.07, 6.45) is 6.49. The second-order valence-electron chi connectivity index (χ2n) is 11.3. The predicted octanol–water partition coefficient (Wildman–Crippen LogP) is 2.23. The lowest BCUT2D eigenvalue weighted by molar-refractivity contribution is -0.177. The highest BCUT2D eigenvalue weighted by atomic mass is 32.2. The Morgan fingerprint density at radius 2 is 1.93 bits per heavy atom. The summed E-state index contributed by atoms with van der Waals surface area (Å²) in [6, 6.07) is -0.474. The molecule has 2 aliphatic heterocycles. The molecule has 218 valence electrons. The van der Waals surface area contributed by atoms with E-state index in [4.69, 9.17) is 9.47 Å². The number of hydrogen-bond donors (Lipinski definition) is 1. The lowest BCUT2D eigenvalue weighted by Gasteiger charge is -2.46. The molecule has 2 aromatic rings. The van der Waals surface area contributed by atoms with Gasteiger partial charge in [0.15, 0.2) is 0 Å². The maximum atomic E-state index is 13.4. The molecule has 14 heteroatoms. The van der Waals surface area contributed by atoms with Crippen LogP contribution in [0.15, 0.2) is 23.2 Å². The SMILES string of the molecule is C[C@@H](O)[C@H]1C(=O)N2C(C(=O)OCOC(=O)C3(C)CCCCC3)=C(c3cn4cnc(S(=O)(=O)N(C)C)c4s3)[C@H](C)[C@H]12. The Bertz CT molecular complexity index is 1500. The molecule has 1 aliphatic carbocycles. The second kappa shape index (κ2) is 10.2. The van der Waals surface area contributed by atoms with Crippen molar-refractivity contribution in [2.75, 3.05) is 20.9 Å². The van der Waals surface area contributed by atoms with Crippen molar-refractivity contribution < 1.29 is 37.4 Å². The molecule has 12 nitrogen and oxygen atoms in total. The normalized spacial score (nSPS) is 25.2. The van der Waals surface area contributed by atoms with E-state index < -0.39 is 58.1 Å². The van der Waals surface area contributed by atoms with Gasteiger partial charge in [-0.2, -0.15) is 0 Å². The van der Waals surface area contributed by atoms with Crippen molar-refractivity contribution in [3.8, 4) is 0 Å². The molecule has 4 heterocycles. The van der Waals surface area contributed by atoms with Crippen molar-refractivity contribution in [2.24, 2.45) is 17.3 Å². The highest BCUT2D eigenvalue weighted by molar-refractivity contribution is 7.89. The van der Waals surface area contributed by atoms with Crippen LogP contribution in [0.2, 0.25) is 0 Å². The Morgan fingerprint density at radius 1 is 1.25 bits per heavy atom. The van der Waals surface area contributed by atoms with Gasteiger partial charge in [-0.15, -0.1) is 11.3 Å². The molecule has 2 aromatic heterocycles. The van der Waals surface area contributed by atoms with Gasteiger partial charge < -0.3 is 19.5 Å². The molecule has 0 unspecified atom stereocenters. The van der Waals surface area contributed by atoms with Crippen LogP contribution >= 0.6 is 11.3 Å². The zero-order valence-electron chi connectivity index (χ0n) is 23.1. The molecule has 3 aliphatic rings. The van der Waals surface area contributed by atoms with E-state index in [1.807, 2.05) is 13.8 Å². The van der Waals surface area contributed by atoms with E-state index in [9.17, 15) is 27.9 Å². The van der Waals surface area contributed by atoms with Gasteiger partial charge in [0.2, 0.25) is 17.7 Å². The van der Waals surface area contributed by atoms with Crippen LogP contribution in [0.3, 0.4) is 0 Å². The third-order valence-corrected chi connectivity index (χ3v) is 11.4. The lowest BCUT2D eigenvalue weighted by atomic mass is 9.76. The summed E-state index contributed by atoms with van der Waals surface area (Å²) < 4.78 is 39.0. The molecule has 4 atom stereocenters. The van der Waals surface area contributed by atoms with Gasteiger partial charge in [0, 0.05) is 31.8 Å². The highest BCUT2D eigenvalue weighted by Crippen LogP contribution is 2.52. The zero-order valence-corrected chi connectivity index (χ0v) is 24.8. The molecule has 5 rings (SSSR count). The summed E-state index contributed by atoms with van der Waals surface area (Å²) in [5, 5.41) is 10.2. The number of thiazole rings is 1. The number of fused-ring (bicyclic) bond motifs is 2. The molecular weight excluding hydrogens is 560 g/mol. The van der Waals surface area contributed by atoms with Crippen molar-refractivity contribution in [3.63, 3.8) is 0 Å². The fraction of sp³-hybridized carbons (Fsp3) is 0.615. The summed E-state index contributed by atoms with van der Waals surface area (Å²) in [4.78, 5) is 45.6. The Labute approximate surface area is 236 Å². The first-order chi connectivity index (χ1) is 18.8. The third-order valence-electron chi connectivity index (χ3n) is 8.37. The first kappa shape index (κ1) is 28.7. The minimum absolute atomic E-state index is 0.00815. The smallest absolute Gasteiger partial charge is 0.358 e. The molecule has 2 fully saturated rings. The first-order valence-electron chi connectivity index (χ1n) is 13.3. The minimum atomic E-state index is -3.83. The summed E-state index contributed by atoms with van der Waals surface area (Å²) in [6.45, 7) is 4.65. The number of imidazole rings is 1. The summed E-state index contributed by atoms with van der Waals surface area (Å²) in [7, 11) is -0.997. The van der Waals surface area contributed by atoms with Gasteiger partial charge in [0.05, 0.1) is 28.4 Å². The summed E-state index contributed by atoms with van der Waals surface area (Å²) >= 11 is 1.13. The highest BCUT2D eigenvalue weighted by Gasteiger charge is 2.60. The van der Waals surface area contributed by atoms with Gasteiger partial charge in [0.1, 0.15) is 16.9 Å². The number of ether oxygens (including phenoxy) is 2. The van der Waals surface area contributed by atoms with Crippen LogP contribution in [0.25, 0.3) is 10.4 Å². The standard InChI is InChI=1S/C26H34N4O8S2/c1-14-17(16-11-29-12-27-21(23(29)39-16)40(35,36)28(4)5)20(30-19(14)18(15(2)31)22(30)32)24(33)37-13-38-25(34)26(3)9-7-6-8-10-26/h11-12,14-15,18-19,31H,6-10,13H2,1-5H3/t14-,15+,18+,19+/m0/s1. The number of hydrogen-bond acceptors (Lipinski definition) is 10. The van der Waals surface area contributed by atoms with Gasteiger partial charge in [-0.3, -0.25) is 14.0 Å². The summed E-state index contributed by atoms with van der Waals surface area (Å²) in [5.41, 5.74) is -0.107. The van der Waals surface area contributed by atoms with Crippen LogP contribution in [0, 0.1) is 17.3 Å². The van der Waals surface area contributed by atoms with Crippen LogP contribution in [0.4, 0.5) is 0 Å². The van der Waals surface area contributed by atoms with Crippen LogP contribution < -0.4 is 0 Å². The maximum Gasteiger partial charge on any atom is 0.358 e. The molecule has 40 heavy (non-hydrogen) atoms. The molecule has 1 saturated heterocycles. The monoisotopic (exact) mass is 594 g/mol. The number of aliphatic hydroxyl groups is 1. The quantitative estimate of drug-likeness (QED) is 0.276. The van der Waals surface area contributed by atoms with Crippen molar-refractivity contribution in [2.45, 2.75) is 70.0 Å². The molecule has 1 saturated carbocycles. The molecular formula is C26H34N4O8S2. The fourth-order valence-electron chi connectivity index (χ4n) is 6.05. The molecule has 0 aromatic carbocycles. The van der Waals surface area contributed by atoms with Crippen LogP contribution in [-0.4, -0.2) is 83.0 Å². The van der Waals surface area contributed by atoms with Crippen molar-refractivity contribution in [1.29, 1.82) is 0 Å². The van der Waals surface area contributed by atoms with Gasteiger partial charge in [-0.05, 0) is 26.7 Å². The average Bonchev–Trinajstić information content (AvgIpc) is 3.53. The number of esters is 2. The topological polar surface area (TPSA) is 148 Å². The predicted molar refractivity (Wildman–Crippen MR) is 144 cm³/mol. The number of sulfonamides is 1.